The number of nitrogens with zero attached hydrogens (tertiary/aromatic N) is 2. The second kappa shape index (κ2) is 8.14. The predicted octanol–water partition coefficient (Wildman–Crippen LogP) is 2.25. The van der Waals surface area contributed by atoms with Crippen molar-refractivity contribution in [2.45, 2.75) is 19.8 Å². The summed E-state index contributed by atoms with van der Waals surface area (Å²) >= 11 is 5.21. The number of methoxy groups -OCH3 is 1. The van der Waals surface area contributed by atoms with Crippen molar-refractivity contribution in [2.75, 3.05) is 43.6 Å². The molecule has 0 radical (unpaired) electrons. The fraction of sp³-hybridized carbons (Fsp3) is 0.600. The topological polar surface area (TPSA) is 49.4 Å². The van der Waals surface area contributed by atoms with Gasteiger partial charge in [-0.3, -0.25) is 0 Å². The minimum Gasteiger partial charge on any atom is -0.383 e. The van der Waals surface area contributed by atoms with Gasteiger partial charge >= 0.3 is 0 Å². The number of ether oxygens (including phenoxy) is 1. The Morgan fingerprint density at radius 1 is 1.52 bits per heavy atom. The Morgan fingerprint density at radius 2 is 2.38 bits per heavy atom. The first-order valence-electron chi connectivity index (χ1n) is 7.44. The van der Waals surface area contributed by atoms with Crippen LogP contribution >= 0.6 is 12.2 Å². The third kappa shape index (κ3) is 5.13. The van der Waals surface area contributed by atoms with Crippen molar-refractivity contribution in [1.29, 1.82) is 0 Å². The lowest BCUT2D eigenvalue weighted by atomic mass is 10.0. The highest BCUT2D eigenvalue weighted by atomic mass is 32.1. The highest BCUT2D eigenvalue weighted by molar-refractivity contribution is 7.80. The van der Waals surface area contributed by atoms with Gasteiger partial charge < -0.3 is 20.3 Å². The third-order valence-corrected chi connectivity index (χ3v) is 3.82. The highest BCUT2D eigenvalue weighted by Gasteiger charge is 2.17. The molecule has 0 spiro atoms. The van der Waals surface area contributed by atoms with Crippen LogP contribution in [-0.2, 0) is 4.74 Å². The molecule has 1 aliphatic heterocycles. The molecule has 1 saturated heterocycles. The van der Waals surface area contributed by atoms with E-state index < -0.39 is 0 Å². The van der Waals surface area contributed by atoms with Gasteiger partial charge in [-0.25, -0.2) is 4.98 Å². The molecule has 0 saturated carbocycles. The zero-order valence-electron chi connectivity index (χ0n) is 12.8. The first kappa shape index (κ1) is 16.0. The standard InChI is InChI=1S/C15H24N4OS/c1-12-4-3-8-19(11-12)14-6-5-13(10-17-14)18-15(21)16-7-9-20-2/h5-6,10,12H,3-4,7-9,11H2,1-2H3,(H2,16,18,21)/t12-/m1/s1. The van der Waals surface area contributed by atoms with Crippen molar-refractivity contribution >= 4 is 28.8 Å². The van der Waals surface area contributed by atoms with Gasteiger partial charge in [0.25, 0.3) is 0 Å². The molecular formula is C15H24N4OS. The molecule has 2 N–H and O–H groups in total. The zero-order chi connectivity index (χ0) is 15.1. The molecule has 0 aromatic carbocycles. The van der Waals surface area contributed by atoms with Gasteiger partial charge in [0.05, 0.1) is 18.5 Å². The van der Waals surface area contributed by atoms with Crippen LogP contribution in [0.1, 0.15) is 19.8 Å². The molecule has 0 bridgehead atoms. The SMILES string of the molecule is COCCNC(=S)Nc1ccc(N2CCC[C@@H](C)C2)nc1. The summed E-state index contributed by atoms with van der Waals surface area (Å²) in [5.74, 6) is 1.79. The lowest BCUT2D eigenvalue weighted by Gasteiger charge is -2.31. The molecule has 2 rings (SSSR count). The van der Waals surface area contributed by atoms with Crippen LogP contribution in [0.5, 0.6) is 0 Å². The molecule has 0 amide bonds. The summed E-state index contributed by atoms with van der Waals surface area (Å²) in [7, 11) is 1.67. The molecule has 1 fully saturated rings. The molecule has 1 atom stereocenters. The zero-order valence-corrected chi connectivity index (χ0v) is 13.6. The minimum atomic E-state index is 0.591. The van der Waals surface area contributed by atoms with Gasteiger partial charge in [0, 0.05) is 26.7 Å². The number of hydrogen-bond donors (Lipinski definition) is 2. The minimum absolute atomic E-state index is 0.591. The Hall–Kier alpha value is -1.40. The molecule has 2 heterocycles. The Kier molecular flexibility index (Phi) is 6.20. The molecule has 0 unspecified atom stereocenters. The number of hydrogen-bond acceptors (Lipinski definition) is 4. The van der Waals surface area contributed by atoms with Crippen LogP contribution < -0.4 is 15.5 Å². The lowest BCUT2D eigenvalue weighted by molar-refractivity contribution is 0.204. The van der Waals surface area contributed by atoms with Crippen LogP contribution in [0.3, 0.4) is 0 Å². The number of nitrogens with one attached hydrogen (secondary N) is 2. The number of thiocarbonyl (C=S) groups is 1. The van der Waals surface area contributed by atoms with Gasteiger partial charge in [0.2, 0.25) is 0 Å². The largest absolute Gasteiger partial charge is 0.383 e. The second-order valence-corrected chi connectivity index (χ2v) is 5.88. The maximum Gasteiger partial charge on any atom is 0.170 e. The summed E-state index contributed by atoms with van der Waals surface area (Å²) < 4.78 is 4.97. The molecule has 0 aliphatic carbocycles. The van der Waals surface area contributed by atoms with E-state index in [4.69, 9.17) is 17.0 Å². The third-order valence-electron chi connectivity index (χ3n) is 3.58. The van der Waals surface area contributed by atoms with E-state index in [-0.39, 0.29) is 0 Å². The Labute approximate surface area is 132 Å². The number of pyridine rings is 1. The van der Waals surface area contributed by atoms with E-state index in [1.807, 2.05) is 12.3 Å². The van der Waals surface area contributed by atoms with Gasteiger partial charge in [-0.2, -0.15) is 0 Å². The number of anilines is 2. The van der Waals surface area contributed by atoms with Crippen molar-refractivity contribution in [3.05, 3.63) is 18.3 Å². The van der Waals surface area contributed by atoms with Crippen molar-refractivity contribution in [3.8, 4) is 0 Å². The summed E-state index contributed by atoms with van der Waals surface area (Å²) in [5.41, 5.74) is 0.902. The van der Waals surface area contributed by atoms with Crippen molar-refractivity contribution in [3.63, 3.8) is 0 Å². The maximum atomic E-state index is 5.21. The fourth-order valence-corrected chi connectivity index (χ4v) is 2.71. The van der Waals surface area contributed by atoms with Crippen LogP contribution in [0, 0.1) is 5.92 Å². The van der Waals surface area contributed by atoms with Crippen LogP contribution in [0.15, 0.2) is 18.3 Å². The van der Waals surface area contributed by atoms with Gasteiger partial charge in [-0.05, 0) is 43.1 Å². The Balaban J connectivity index is 1.85. The lowest BCUT2D eigenvalue weighted by Crippen LogP contribution is -2.34. The van der Waals surface area contributed by atoms with Crippen LogP contribution in [0.2, 0.25) is 0 Å². The van der Waals surface area contributed by atoms with Crippen LogP contribution in [-0.4, -0.2) is 43.4 Å². The summed E-state index contributed by atoms with van der Waals surface area (Å²) in [4.78, 5) is 6.89. The molecule has 6 heteroatoms. The Morgan fingerprint density at radius 3 is 3.05 bits per heavy atom. The molecular weight excluding hydrogens is 284 g/mol. The second-order valence-electron chi connectivity index (χ2n) is 5.47. The summed E-state index contributed by atoms with van der Waals surface area (Å²) in [6.07, 6.45) is 4.40. The van der Waals surface area contributed by atoms with E-state index in [1.165, 1.54) is 12.8 Å². The first-order chi connectivity index (χ1) is 10.2. The van der Waals surface area contributed by atoms with E-state index in [0.717, 1.165) is 30.5 Å². The van der Waals surface area contributed by atoms with Gasteiger partial charge in [0.15, 0.2) is 5.11 Å². The van der Waals surface area contributed by atoms with E-state index in [9.17, 15) is 0 Å². The molecule has 21 heavy (non-hydrogen) atoms. The van der Waals surface area contributed by atoms with Crippen molar-refractivity contribution < 1.29 is 4.74 Å². The normalized spacial score (nSPS) is 18.4. The number of piperidine rings is 1. The van der Waals surface area contributed by atoms with E-state index in [1.54, 1.807) is 7.11 Å². The van der Waals surface area contributed by atoms with Crippen molar-refractivity contribution in [1.82, 2.24) is 10.3 Å². The summed E-state index contributed by atoms with van der Waals surface area (Å²) in [6.45, 7) is 5.82. The molecule has 116 valence electrons. The fourth-order valence-electron chi connectivity index (χ4n) is 2.49. The quantitative estimate of drug-likeness (QED) is 0.643. The monoisotopic (exact) mass is 308 g/mol. The van der Waals surface area contributed by atoms with E-state index in [0.29, 0.717) is 18.3 Å². The maximum absolute atomic E-state index is 5.21. The molecule has 1 aromatic rings. The summed E-state index contributed by atoms with van der Waals surface area (Å²) in [5, 5.41) is 6.79. The van der Waals surface area contributed by atoms with E-state index >= 15 is 0 Å². The number of aromatic nitrogens is 1. The predicted molar refractivity (Wildman–Crippen MR) is 90.9 cm³/mol. The average molecular weight is 308 g/mol. The van der Waals surface area contributed by atoms with Gasteiger partial charge in [-0.15, -0.1) is 0 Å². The van der Waals surface area contributed by atoms with Crippen LogP contribution in [0.25, 0.3) is 0 Å². The van der Waals surface area contributed by atoms with Gasteiger partial charge in [0.1, 0.15) is 5.82 Å². The molecule has 1 aliphatic rings. The highest BCUT2D eigenvalue weighted by Crippen LogP contribution is 2.21. The summed E-state index contributed by atoms with van der Waals surface area (Å²) in [6, 6.07) is 4.07. The van der Waals surface area contributed by atoms with Crippen LogP contribution in [0.4, 0.5) is 11.5 Å². The molecule has 1 aromatic heterocycles. The van der Waals surface area contributed by atoms with Gasteiger partial charge in [-0.1, -0.05) is 6.92 Å². The first-order valence-corrected chi connectivity index (χ1v) is 7.84. The smallest absolute Gasteiger partial charge is 0.170 e. The van der Waals surface area contributed by atoms with E-state index in [2.05, 4.69) is 33.5 Å². The average Bonchev–Trinajstić information content (AvgIpc) is 2.48. The number of rotatable bonds is 5. The molecule has 5 nitrogen and oxygen atoms in total. The Bertz CT molecular complexity index is 451. The van der Waals surface area contributed by atoms with Crippen molar-refractivity contribution in [2.24, 2.45) is 5.92 Å².